The lowest BCUT2D eigenvalue weighted by atomic mass is 10.1. The fourth-order valence-corrected chi connectivity index (χ4v) is 2.10. The minimum absolute atomic E-state index is 0.304. The molecule has 0 saturated heterocycles. The van der Waals surface area contributed by atoms with Crippen LogP contribution in [0.25, 0.3) is 0 Å². The van der Waals surface area contributed by atoms with Gasteiger partial charge in [-0.05, 0) is 53.5 Å². The van der Waals surface area contributed by atoms with Crippen LogP contribution >= 0.6 is 22.6 Å². The molecule has 0 heterocycles. The van der Waals surface area contributed by atoms with E-state index in [4.69, 9.17) is 5.11 Å². The van der Waals surface area contributed by atoms with Crippen molar-refractivity contribution in [3.05, 3.63) is 27.8 Å². The smallest absolute Gasteiger partial charge is 0.326 e. The second kappa shape index (κ2) is 4.38. The number of halogens is 1. The van der Waals surface area contributed by atoms with Gasteiger partial charge in [0.1, 0.15) is 6.04 Å². The van der Waals surface area contributed by atoms with Crippen LogP contribution in [-0.2, 0) is 4.79 Å². The molecule has 0 spiro atoms. The van der Waals surface area contributed by atoms with Crippen LogP contribution in [0.15, 0.2) is 24.3 Å². The molecule has 1 unspecified atom stereocenters. The van der Waals surface area contributed by atoms with E-state index in [0.717, 1.165) is 22.1 Å². The summed E-state index contributed by atoms with van der Waals surface area (Å²) in [5.41, 5.74) is 0.914. The maximum Gasteiger partial charge on any atom is 0.326 e. The van der Waals surface area contributed by atoms with Crippen molar-refractivity contribution in [2.24, 2.45) is 5.92 Å². The monoisotopic (exact) mass is 317 g/mol. The summed E-state index contributed by atoms with van der Waals surface area (Å²) in [5, 5.41) is 12.2. The summed E-state index contributed by atoms with van der Waals surface area (Å²) >= 11 is 2.21. The highest BCUT2D eigenvalue weighted by Crippen LogP contribution is 2.35. The van der Waals surface area contributed by atoms with Gasteiger partial charge in [0.25, 0.3) is 0 Å². The van der Waals surface area contributed by atoms with E-state index in [1.807, 2.05) is 24.3 Å². The molecule has 1 fully saturated rings. The fraction of sp³-hybridized carbons (Fsp3) is 0.364. The topological polar surface area (TPSA) is 49.3 Å². The first-order chi connectivity index (χ1) is 7.18. The SMILES string of the molecule is O=C(O)C(Nc1ccccc1I)C1CC1. The summed E-state index contributed by atoms with van der Waals surface area (Å²) in [6.07, 6.45) is 2.04. The predicted octanol–water partition coefficient (Wildman–Crippen LogP) is 2.57. The number of para-hydroxylation sites is 1. The van der Waals surface area contributed by atoms with E-state index in [2.05, 4.69) is 27.9 Å². The lowest BCUT2D eigenvalue weighted by Crippen LogP contribution is -2.31. The molecule has 4 heteroatoms. The Morgan fingerprint density at radius 1 is 1.47 bits per heavy atom. The summed E-state index contributed by atoms with van der Waals surface area (Å²) in [6, 6.07) is 7.31. The number of carboxylic acids is 1. The fourth-order valence-electron chi connectivity index (χ4n) is 1.56. The third-order valence-electron chi connectivity index (χ3n) is 2.54. The van der Waals surface area contributed by atoms with Crippen molar-refractivity contribution in [2.75, 3.05) is 5.32 Å². The Kier molecular flexibility index (Phi) is 3.14. The van der Waals surface area contributed by atoms with E-state index in [1.165, 1.54) is 0 Å². The molecule has 1 aliphatic carbocycles. The molecule has 1 aromatic carbocycles. The molecule has 1 aliphatic rings. The van der Waals surface area contributed by atoms with E-state index < -0.39 is 12.0 Å². The van der Waals surface area contributed by atoms with E-state index in [1.54, 1.807) is 0 Å². The van der Waals surface area contributed by atoms with Crippen LogP contribution in [0.3, 0.4) is 0 Å². The van der Waals surface area contributed by atoms with E-state index >= 15 is 0 Å². The second-order valence-electron chi connectivity index (χ2n) is 3.78. The molecule has 0 bridgehead atoms. The van der Waals surface area contributed by atoms with E-state index in [-0.39, 0.29) is 0 Å². The minimum Gasteiger partial charge on any atom is -0.480 e. The molecule has 1 atom stereocenters. The van der Waals surface area contributed by atoms with Crippen LogP contribution in [0.4, 0.5) is 5.69 Å². The summed E-state index contributed by atoms with van der Waals surface area (Å²) in [7, 11) is 0. The largest absolute Gasteiger partial charge is 0.480 e. The number of nitrogens with one attached hydrogen (secondary N) is 1. The lowest BCUT2D eigenvalue weighted by Gasteiger charge is -2.15. The molecule has 1 saturated carbocycles. The first-order valence-corrected chi connectivity index (χ1v) is 6.00. The summed E-state index contributed by atoms with van der Waals surface area (Å²) in [4.78, 5) is 11.0. The van der Waals surface area contributed by atoms with Gasteiger partial charge in [-0.15, -0.1) is 0 Å². The van der Waals surface area contributed by atoms with E-state index in [0.29, 0.717) is 5.92 Å². The number of benzene rings is 1. The Morgan fingerprint density at radius 3 is 2.67 bits per heavy atom. The van der Waals surface area contributed by atoms with Gasteiger partial charge in [-0.1, -0.05) is 12.1 Å². The maximum absolute atomic E-state index is 11.0. The van der Waals surface area contributed by atoms with Crippen LogP contribution in [0.1, 0.15) is 12.8 Å². The molecule has 1 aromatic rings. The molecule has 0 aliphatic heterocycles. The van der Waals surface area contributed by atoms with Crippen LogP contribution < -0.4 is 5.32 Å². The number of carboxylic acid groups (broad SMARTS) is 1. The molecular formula is C11H12INO2. The average Bonchev–Trinajstić information content (AvgIpc) is 2.99. The van der Waals surface area contributed by atoms with Crippen molar-refractivity contribution >= 4 is 34.2 Å². The zero-order chi connectivity index (χ0) is 10.8. The summed E-state index contributed by atoms with van der Waals surface area (Å²) in [6.45, 7) is 0. The zero-order valence-electron chi connectivity index (χ0n) is 8.11. The molecule has 0 aromatic heterocycles. The quantitative estimate of drug-likeness (QED) is 0.839. The Hall–Kier alpha value is -0.780. The van der Waals surface area contributed by atoms with Gasteiger partial charge < -0.3 is 10.4 Å². The van der Waals surface area contributed by atoms with Gasteiger partial charge in [-0.25, -0.2) is 4.79 Å². The number of hydrogen-bond acceptors (Lipinski definition) is 2. The number of carbonyl (C=O) groups is 1. The summed E-state index contributed by atoms with van der Waals surface area (Å²) in [5.74, 6) is -0.448. The van der Waals surface area contributed by atoms with Crippen molar-refractivity contribution in [1.82, 2.24) is 0 Å². The van der Waals surface area contributed by atoms with Crippen molar-refractivity contribution < 1.29 is 9.90 Å². The number of hydrogen-bond donors (Lipinski definition) is 2. The van der Waals surface area contributed by atoms with Gasteiger partial charge in [-0.2, -0.15) is 0 Å². The highest BCUT2D eigenvalue weighted by atomic mass is 127. The first kappa shape index (κ1) is 10.7. The third kappa shape index (κ3) is 2.62. The van der Waals surface area contributed by atoms with Crippen LogP contribution in [-0.4, -0.2) is 17.1 Å². The first-order valence-electron chi connectivity index (χ1n) is 4.92. The number of anilines is 1. The molecular weight excluding hydrogens is 305 g/mol. The van der Waals surface area contributed by atoms with Crippen molar-refractivity contribution in [1.29, 1.82) is 0 Å². The van der Waals surface area contributed by atoms with Gasteiger partial charge in [0.05, 0.1) is 0 Å². The Morgan fingerprint density at radius 2 is 2.13 bits per heavy atom. The van der Waals surface area contributed by atoms with Crippen LogP contribution in [0.5, 0.6) is 0 Å². The molecule has 3 nitrogen and oxygen atoms in total. The molecule has 0 radical (unpaired) electrons. The highest BCUT2D eigenvalue weighted by Gasteiger charge is 2.36. The number of rotatable bonds is 4. The van der Waals surface area contributed by atoms with Crippen LogP contribution in [0, 0.1) is 9.49 Å². The second-order valence-corrected chi connectivity index (χ2v) is 4.94. The summed E-state index contributed by atoms with van der Waals surface area (Å²) < 4.78 is 1.06. The normalized spacial score (nSPS) is 17.1. The van der Waals surface area contributed by atoms with Gasteiger partial charge in [0, 0.05) is 9.26 Å². The van der Waals surface area contributed by atoms with Gasteiger partial charge >= 0.3 is 5.97 Å². The molecule has 80 valence electrons. The van der Waals surface area contributed by atoms with Crippen molar-refractivity contribution in [3.8, 4) is 0 Å². The van der Waals surface area contributed by atoms with Crippen molar-refractivity contribution in [2.45, 2.75) is 18.9 Å². The zero-order valence-corrected chi connectivity index (χ0v) is 10.3. The molecule has 15 heavy (non-hydrogen) atoms. The maximum atomic E-state index is 11.0. The minimum atomic E-state index is -0.753. The molecule has 0 amide bonds. The van der Waals surface area contributed by atoms with Gasteiger partial charge in [0.15, 0.2) is 0 Å². The van der Waals surface area contributed by atoms with Gasteiger partial charge in [0.2, 0.25) is 0 Å². The lowest BCUT2D eigenvalue weighted by molar-refractivity contribution is -0.138. The predicted molar refractivity (Wildman–Crippen MR) is 66.9 cm³/mol. The third-order valence-corrected chi connectivity index (χ3v) is 3.49. The van der Waals surface area contributed by atoms with Gasteiger partial charge in [-0.3, -0.25) is 0 Å². The average molecular weight is 317 g/mol. The molecule has 2 N–H and O–H groups in total. The van der Waals surface area contributed by atoms with E-state index in [9.17, 15) is 4.79 Å². The Bertz CT molecular complexity index is 377. The standard InChI is InChI=1S/C11H12INO2/c12-8-3-1-2-4-9(8)13-10(11(14)15)7-5-6-7/h1-4,7,10,13H,5-6H2,(H,14,15). The molecule has 2 rings (SSSR count). The Labute approximate surface area is 102 Å². The highest BCUT2D eigenvalue weighted by molar-refractivity contribution is 14.1. The van der Waals surface area contributed by atoms with Crippen LogP contribution in [0.2, 0.25) is 0 Å². The number of aliphatic carboxylic acids is 1. The van der Waals surface area contributed by atoms with Crippen molar-refractivity contribution in [3.63, 3.8) is 0 Å². The Balaban J connectivity index is 2.12.